The molecule has 1 aromatic rings. The van der Waals surface area contributed by atoms with Crippen LogP contribution in [0.2, 0.25) is 0 Å². The number of nitrogens with zero attached hydrogens (tertiary/aromatic N) is 1. The van der Waals surface area contributed by atoms with Gasteiger partial charge in [0.15, 0.2) is 11.5 Å². The first-order chi connectivity index (χ1) is 12.3. The van der Waals surface area contributed by atoms with Gasteiger partial charge in [0.05, 0.1) is 0 Å². The van der Waals surface area contributed by atoms with Crippen LogP contribution < -0.4 is 25.4 Å². The van der Waals surface area contributed by atoms with E-state index in [4.69, 9.17) is 9.47 Å². The second-order valence-electron chi connectivity index (χ2n) is 5.93. The summed E-state index contributed by atoms with van der Waals surface area (Å²) in [5.74, 6) is -0.347. The van der Waals surface area contributed by atoms with Gasteiger partial charge in [-0.05, 0) is 24.6 Å². The largest absolute Gasteiger partial charge is 0.486 e. The van der Waals surface area contributed by atoms with Crippen molar-refractivity contribution in [3.63, 3.8) is 0 Å². The Hall–Kier alpha value is -3.30. The Morgan fingerprint density at radius 2 is 1.92 bits per heavy atom. The highest BCUT2D eigenvalue weighted by atomic mass is 16.6. The number of benzene rings is 1. The van der Waals surface area contributed by atoms with Crippen LogP contribution in [0.4, 0.5) is 9.59 Å². The lowest BCUT2D eigenvalue weighted by molar-refractivity contribution is -0.134. The van der Waals surface area contributed by atoms with E-state index in [0.29, 0.717) is 30.3 Å². The van der Waals surface area contributed by atoms with Crippen molar-refractivity contribution in [3.05, 3.63) is 23.8 Å². The smallest absolute Gasteiger partial charge is 0.325 e. The third kappa shape index (κ3) is 3.01. The maximum Gasteiger partial charge on any atom is 0.325 e. The molecule has 10 heteroatoms. The van der Waals surface area contributed by atoms with E-state index in [-0.39, 0.29) is 0 Å². The maximum atomic E-state index is 12.8. The summed E-state index contributed by atoms with van der Waals surface area (Å²) in [6.45, 7) is 1.79. The Morgan fingerprint density at radius 3 is 2.62 bits per heavy atom. The molecule has 3 N–H and O–H groups in total. The SMILES string of the molecule is CNC(=O)NC(=O)CN1C(=O)NC(C)(c2ccc3c(c2)OCCO3)C1=O. The number of amides is 6. The predicted molar refractivity (Wildman–Crippen MR) is 87.6 cm³/mol. The highest BCUT2D eigenvalue weighted by Crippen LogP contribution is 2.36. The topological polar surface area (TPSA) is 126 Å². The molecule has 0 saturated carbocycles. The van der Waals surface area contributed by atoms with Crippen LogP contribution >= 0.6 is 0 Å². The van der Waals surface area contributed by atoms with Gasteiger partial charge in [0.25, 0.3) is 5.91 Å². The first-order valence-corrected chi connectivity index (χ1v) is 7.91. The molecule has 2 heterocycles. The van der Waals surface area contributed by atoms with Gasteiger partial charge < -0.3 is 20.1 Å². The Labute approximate surface area is 148 Å². The van der Waals surface area contributed by atoms with Crippen molar-refractivity contribution in [2.75, 3.05) is 26.8 Å². The molecule has 1 atom stereocenters. The van der Waals surface area contributed by atoms with Crippen molar-refractivity contribution >= 4 is 23.9 Å². The van der Waals surface area contributed by atoms with Gasteiger partial charge in [-0.2, -0.15) is 0 Å². The van der Waals surface area contributed by atoms with Gasteiger partial charge in [-0.1, -0.05) is 6.07 Å². The number of ether oxygens (including phenoxy) is 2. The molecule has 1 aromatic carbocycles. The fraction of sp³-hybridized carbons (Fsp3) is 0.375. The van der Waals surface area contributed by atoms with Crippen LogP contribution in [0, 0.1) is 0 Å². The zero-order chi connectivity index (χ0) is 18.9. The molecule has 3 rings (SSSR count). The molecule has 10 nitrogen and oxygen atoms in total. The number of urea groups is 2. The van der Waals surface area contributed by atoms with E-state index in [2.05, 4.69) is 10.6 Å². The molecule has 0 radical (unpaired) electrons. The number of carbonyl (C=O) groups excluding carboxylic acids is 4. The van der Waals surface area contributed by atoms with Gasteiger partial charge in [-0.25, -0.2) is 9.59 Å². The number of imide groups is 2. The maximum absolute atomic E-state index is 12.8. The minimum absolute atomic E-state index is 0.388. The Bertz CT molecular complexity index is 795. The monoisotopic (exact) mass is 362 g/mol. The second kappa shape index (κ2) is 6.54. The summed E-state index contributed by atoms with van der Waals surface area (Å²) in [5, 5.41) is 6.81. The Morgan fingerprint density at radius 1 is 1.23 bits per heavy atom. The van der Waals surface area contributed by atoms with E-state index in [1.165, 1.54) is 14.0 Å². The van der Waals surface area contributed by atoms with E-state index in [1.54, 1.807) is 18.2 Å². The predicted octanol–water partition coefficient (Wildman–Crippen LogP) is -0.320. The summed E-state index contributed by atoms with van der Waals surface area (Å²) in [4.78, 5) is 48.7. The molecule has 2 aliphatic heterocycles. The van der Waals surface area contributed by atoms with Crippen LogP contribution in [-0.4, -0.2) is 55.6 Å². The molecule has 26 heavy (non-hydrogen) atoms. The lowest BCUT2D eigenvalue weighted by atomic mass is 9.91. The standard InChI is InChI=1S/C16H18N4O6/c1-16(9-3-4-10-11(7-9)26-6-5-25-10)13(22)20(15(24)19-16)8-12(21)18-14(23)17-2/h3-4,7H,5-6,8H2,1-2H3,(H,19,24)(H2,17,18,21,23). The van der Waals surface area contributed by atoms with Gasteiger partial charge in [0, 0.05) is 7.05 Å². The summed E-state index contributed by atoms with van der Waals surface area (Å²) in [6.07, 6.45) is 0. The van der Waals surface area contributed by atoms with Crippen molar-refractivity contribution in [3.8, 4) is 11.5 Å². The van der Waals surface area contributed by atoms with Crippen molar-refractivity contribution < 1.29 is 28.7 Å². The van der Waals surface area contributed by atoms with E-state index >= 15 is 0 Å². The Balaban J connectivity index is 1.81. The molecule has 0 aromatic heterocycles. The zero-order valence-electron chi connectivity index (χ0n) is 14.3. The highest BCUT2D eigenvalue weighted by molar-refractivity contribution is 6.10. The number of carbonyl (C=O) groups is 4. The van der Waals surface area contributed by atoms with Crippen LogP contribution in [0.1, 0.15) is 12.5 Å². The first-order valence-electron chi connectivity index (χ1n) is 7.91. The van der Waals surface area contributed by atoms with Crippen molar-refractivity contribution in [1.29, 1.82) is 0 Å². The lowest BCUT2D eigenvalue weighted by Gasteiger charge is -2.25. The molecule has 6 amide bonds. The molecule has 1 unspecified atom stereocenters. The van der Waals surface area contributed by atoms with Crippen molar-refractivity contribution in [2.45, 2.75) is 12.5 Å². The van der Waals surface area contributed by atoms with Gasteiger partial charge in [0.2, 0.25) is 5.91 Å². The summed E-state index contributed by atoms with van der Waals surface area (Å²) in [5.41, 5.74) is -0.866. The molecule has 1 saturated heterocycles. The summed E-state index contributed by atoms with van der Waals surface area (Å²) < 4.78 is 11.0. The number of nitrogens with one attached hydrogen (secondary N) is 3. The fourth-order valence-electron chi connectivity index (χ4n) is 2.76. The van der Waals surface area contributed by atoms with Crippen molar-refractivity contribution in [2.24, 2.45) is 0 Å². The quantitative estimate of drug-likeness (QED) is 0.633. The lowest BCUT2D eigenvalue weighted by Crippen LogP contribution is -2.46. The molecule has 2 aliphatic rings. The number of rotatable bonds is 3. The summed E-state index contributed by atoms with van der Waals surface area (Å²) in [6, 6.07) is 3.49. The summed E-state index contributed by atoms with van der Waals surface area (Å²) in [7, 11) is 1.34. The molecular formula is C16H18N4O6. The molecule has 0 aliphatic carbocycles. The highest BCUT2D eigenvalue weighted by Gasteiger charge is 2.49. The van der Waals surface area contributed by atoms with E-state index in [0.717, 1.165) is 4.90 Å². The van der Waals surface area contributed by atoms with Crippen LogP contribution in [0.5, 0.6) is 11.5 Å². The second-order valence-corrected chi connectivity index (χ2v) is 5.93. The Kier molecular flexibility index (Phi) is 4.41. The average molecular weight is 362 g/mol. The van der Waals surface area contributed by atoms with Gasteiger partial charge in [-0.15, -0.1) is 0 Å². The van der Waals surface area contributed by atoms with Crippen LogP contribution in [-0.2, 0) is 15.1 Å². The van der Waals surface area contributed by atoms with Gasteiger partial charge in [0.1, 0.15) is 25.3 Å². The number of hydrogen-bond donors (Lipinski definition) is 3. The third-order valence-electron chi connectivity index (χ3n) is 4.18. The first kappa shape index (κ1) is 17.5. The third-order valence-corrected chi connectivity index (χ3v) is 4.18. The van der Waals surface area contributed by atoms with Crippen LogP contribution in [0.25, 0.3) is 0 Å². The van der Waals surface area contributed by atoms with Crippen LogP contribution in [0.15, 0.2) is 18.2 Å². The van der Waals surface area contributed by atoms with E-state index in [1.807, 2.05) is 5.32 Å². The minimum Gasteiger partial charge on any atom is -0.486 e. The molecule has 0 bridgehead atoms. The normalized spacial score (nSPS) is 21.2. The van der Waals surface area contributed by atoms with Gasteiger partial charge >= 0.3 is 12.1 Å². The van der Waals surface area contributed by atoms with Gasteiger partial charge in [-0.3, -0.25) is 19.8 Å². The average Bonchev–Trinajstić information content (AvgIpc) is 2.85. The summed E-state index contributed by atoms with van der Waals surface area (Å²) >= 11 is 0. The van der Waals surface area contributed by atoms with Crippen molar-refractivity contribution in [1.82, 2.24) is 20.9 Å². The molecular weight excluding hydrogens is 344 g/mol. The molecule has 0 spiro atoms. The van der Waals surface area contributed by atoms with Crippen LogP contribution in [0.3, 0.4) is 0 Å². The number of fused-ring (bicyclic) bond motifs is 1. The van der Waals surface area contributed by atoms with E-state index in [9.17, 15) is 19.2 Å². The van der Waals surface area contributed by atoms with E-state index < -0.39 is 36.0 Å². The minimum atomic E-state index is -1.36. The molecule has 138 valence electrons. The zero-order valence-corrected chi connectivity index (χ0v) is 14.3. The fourth-order valence-corrected chi connectivity index (χ4v) is 2.76. The molecule has 1 fully saturated rings. The number of hydrogen-bond acceptors (Lipinski definition) is 6.